The standard InChI is InChI=1S/C35H36ClN3O8/c1-21-23(6-4-7-26(21)33-20-46-29-9-2-3-10-30(29)47-33)19-45-32-14-31(44-18-22-12-25(34(40)41)16-38-15-22)24(13-27(32)36)17-39-28(35(42)43)8-5-11-37/h2-4,6-7,9-10,12-16,28,33,39H,5,8,11,17-20,37H2,1H3,(H,40,41)(H,42,43)/t28?,33-/m1/s1. The number of ether oxygens (including phenoxy) is 4. The van der Waals surface area contributed by atoms with Crippen molar-refractivity contribution in [1.29, 1.82) is 0 Å². The van der Waals surface area contributed by atoms with E-state index in [1.165, 1.54) is 18.5 Å². The van der Waals surface area contributed by atoms with Crippen LogP contribution in [0.3, 0.4) is 0 Å². The van der Waals surface area contributed by atoms with Crippen LogP contribution in [0, 0.1) is 6.92 Å². The van der Waals surface area contributed by atoms with Crippen LogP contribution in [-0.4, -0.2) is 46.3 Å². The lowest BCUT2D eigenvalue weighted by atomic mass is 9.98. The Balaban J connectivity index is 1.35. The SMILES string of the molecule is Cc1c(COc2cc(OCc3cncc(C(=O)O)c3)c(CNC(CCCN)C(=O)O)cc2Cl)cccc1[C@H]1COc2ccccc2O1. The molecule has 0 saturated carbocycles. The first-order chi connectivity index (χ1) is 22.7. The van der Waals surface area contributed by atoms with Gasteiger partial charge < -0.3 is 40.2 Å². The molecule has 1 aromatic heterocycles. The van der Waals surface area contributed by atoms with Gasteiger partial charge in [-0.15, -0.1) is 0 Å². The summed E-state index contributed by atoms with van der Waals surface area (Å²) in [6.07, 6.45) is 3.38. The van der Waals surface area contributed by atoms with E-state index in [0.29, 0.717) is 65.1 Å². The quantitative estimate of drug-likeness (QED) is 0.124. The first-order valence-electron chi connectivity index (χ1n) is 15.1. The molecule has 47 heavy (non-hydrogen) atoms. The Morgan fingerprint density at radius 2 is 1.81 bits per heavy atom. The molecule has 1 unspecified atom stereocenters. The molecule has 4 aromatic rings. The van der Waals surface area contributed by atoms with Crippen LogP contribution in [0.2, 0.25) is 5.02 Å². The summed E-state index contributed by atoms with van der Waals surface area (Å²) in [5.74, 6) is 0.0606. The molecule has 0 amide bonds. The summed E-state index contributed by atoms with van der Waals surface area (Å²) in [7, 11) is 0. The predicted octanol–water partition coefficient (Wildman–Crippen LogP) is 5.69. The van der Waals surface area contributed by atoms with Gasteiger partial charge in [0, 0.05) is 36.1 Å². The lowest BCUT2D eigenvalue weighted by Crippen LogP contribution is -2.36. The number of carboxylic acids is 2. The fraction of sp³-hybridized carbons (Fsp3) is 0.286. The summed E-state index contributed by atoms with van der Waals surface area (Å²) in [5, 5.41) is 22.4. The maximum absolute atomic E-state index is 11.8. The highest BCUT2D eigenvalue weighted by atomic mass is 35.5. The number of hydrogen-bond acceptors (Lipinski definition) is 9. The van der Waals surface area contributed by atoms with Crippen molar-refractivity contribution in [3.8, 4) is 23.0 Å². The predicted molar refractivity (Wildman–Crippen MR) is 174 cm³/mol. The second-order valence-corrected chi connectivity index (χ2v) is 11.5. The van der Waals surface area contributed by atoms with Gasteiger partial charge in [0.2, 0.25) is 0 Å². The van der Waals surface area contributed by atoms with Crippen molar-refractivity contribution in [1.82, 2.24) is 10.3 Å². The fourth-order valence-corrected chi connectivity index (χ4v) is 5.45. The molecule has 3 aromatic carbocycles. The summed E-state index contributed by atoms with van der Waals surface area (Å²) < 4.78 is 24.5. The molecule has 5 N–H and O–H groups in total. The molecule has 0 bridgehead atoms. The number of para-hydroxylation sites is 2. The van der Waals surface area contributed by atoms with Crippen molar-refractivity contribution in [3.05, 3.63) is 111 Å². The topological polar surface area (TPSA) is 162 Å². The third-order valence-electron chi connectivity index (χ3n) is 7.81. The minimum Gasteiger partial charge on any atom is -0.488 e. The smallest absolute Gasteiger partial charge is 0.337 e. The summed E-state index contributed by atoms with van der Waals surface area (Å²) in [6.45, 7) is 3.10. The van der Waals surface area contributed by atoms with Gasteiger partial charge >= 0.3 is 11.9 Å². The van der Waals surface area contributed by atoms with E-state index in [4.69, 9.17) is 36.3 Å². The van der Waals surface area contributed by atoms with Crippen molar-refractivity contribution in [3.63, 3.8) is 0 Å². The van der Waals surface area contributed by atoms with Crippen LogP contribution >= 0.6 is 11.6 Å². The molecule has 2 atom stereocenters. The zero-order valence-corrected chi connectivity index (χ0v) is 26.5. The largest absolute Gasteiger partial charge is 0.488 e. The molecule has 246 valence electrons. The molecule has 2 heterocycles. The van der Waals surface area contributed by atoms with E-state index in [1.807, 2.05) is 49.4 Å². The first-order valence-corrected chi connectivity index (χ1v) is 15.5. The van der Waals surface area contributed by atoms with Gasteiger partial charge in [0.1, 0.15) is 37.4 Å². The molecule has 0 aliphatic carbocycles. The number of pyridine rings is 1. The minimum absolute atomic E-state index is 0.00542. The Morgan fingerprint density at radius 1 is 1.02 bits per heavy atom. The number of aromatic carboxylic acids is 1. The van der Waals surface area contributed by atoms with E-state index >= 15 is 0 Å². The number of hydrogen-bond donors (Lipinski definition) is 4. The average Bonchev–Trinajstić information content (AvgIpc) is 3.07. The van der Waals surface area contributed by atoms with Crippen LogP contribution in [-0.2, 0) is 24.6 Å². The van der Waals surface area contributed by atoms with Gasteiger partial charge in [-0.25, -0.2) is 4.79 Å². The monoisotopic (exact) mass is 661 g/mol. The number of halogens is 1. The number of nitrogens with one attached hydrogen (secondary N) is 1. The normalized spacial score (nSPS) is 14.3. The Morgan fingerprint density at radius 3 is 2.57 bits per heavy atom. The van der Waals surface area contributed by atoms with Gasteiger partial charge in [-0.1, -0.05) is 41.9 Å². The number of aromatic nitrogens is 1. The van der Waals surface area contributed by atoms with Crippen LogP contribution in [0.5, 0.6) is 23.0 Å². The molecule has 0 spiro atoms. The van der Waals surface area contributed by atoms with Crippen LogP contribution in [0.25, 0.3) is 0 Å². The van der Waals surface area contributed by atoms with Gasteiger partial charge in [0.25, 0.3) is 0 Å². The highest BCUT2D eigenvalue weighted by Crippen LogP contribution is 2.38. The molecule has 11 nitrogen and oxygen atoms in total. The van der Waals surface area contributed by atoms with Gasteiger partial charge in [-0.05, 0) is 67.3 Å². The molecule has 0 saturated heterocycles. The first kappa shape index (κ1) is 33.5. The Labute approximate surface area is 277 Å². The number of nitrogens with zero attached hydrogens (tertiary/aromatic N) is 1. The van der Waals surface area contributed by atoms with Crippen LogP contribution in [0.4, 0.5) is 0 Å². The van der Waals surface area contributed by atoms with Crippen molar-refractivity contribution in [2.45, 2.75) is 51.7 Å². The van der Waals surface area contributed by atoms with E-state index in [0.717, 1.165) is 16.7 Å². The van der Waals surface area contributed by atoms with Crippen molar-refractivity contribution in [2.24, 2.45) is 5.73 Å². The zero-order chi connectivity index (χ0) is 33.3. The number of fused-ring (bicyclic) bond motifs is 1. The number of carbonyl (C=O) groups is 2. The summed E-state index contributed by atoms with van der Waals surface area (Å²) in [4.78, 5) is 27.2. The lowest BCUT2D eigenvalue weighted by molar-refractivity contribution is -0.139. The highest BCUT2D eigenvalue weighted by molar-refractivity contribution is 6.32. The molecule has 12 heteroatoms. The van der Waals surface area contributed by atoms with Gasteiger partial charge in [-0.2, -0.15) is 0 Å². The number of nitrogens with two attached hydrogens (primary N) is 1. The fourth-order valence-electron chi connectivity index (χ4n) is 5.21. The molecular formula is C35H36ClN3O8. The molecule has 0 fully saturated rings. The Bertz CT molecular complexity index is 1730. The van der Waals surface area contributed by atoms with Crippen molar-refractivity contribution in [2.75, 3.05) is 13.2 Å². The summed E-state index contributed by atoms with van der Waals surface area (Å²) >= 11 is 6.69. The second-order valence-electron chi connectivity index (χ2n) is 11.1. The summed E-state index contributed by atoms with van der Waals surface area (Å²) in [5.41, 5.74) is 9.66. The lowest BCUT2D eigenvalue weighted by Gasteiger charge is -2.28. The van der Waals surface area contributed by atoms with Gasteiger partial charge in [0.05, 0.1) is 10.6 Å². The zero-order valence-electron chi connectivity index (χ0n) is 25.8. The van der Waals surface area contributed by atoms with Gasteiger partial charge in [0.15, 0.2) is 17.6 Å². The van der Waals surface area contributed by atoms with E-state index in [9.17, 15) is 19.8 Å². The third kappa shape index (κ3) is 8.50. The van der Waals surface area contributed by atoms with Crippen molar-refractivity contribution < 1.29 is 38.7 Å². The van der Waals surface area contributed by atoms with E-state index in [2.05, 4.69) is 10.3 Å². The third-order valence-corrected chi connectivity index (χ3v) is 8.11. The highest BCUT2D eigenvalue weighted by Gasteiger charge is 2.25. The number of rotatable bonds is 15. The Hall–Kier alpha value is -4.84. The number of carboxylic acid groups (broad SMARTS) is 2. The maximum atomic E-state index is 11.8. The second kappa shape index (κ2) is 15.6. The van der Waals surface area contributed by atoms with E-state index in [1.54, 1.807) is 12.1 Å². The molecule has 1 aliphatic rings. The number of benzene rings is 3. The average molecular weight is 662 g/mol. The minimum atomic E-state index is -1.10. The maximum Gasteiger partial charge on any atom is 0.337 e. The van der Waals surface area contributed by atoms with Crippen LogP contribution in [0.15, 0.2) is 73.1 Å². The molecule has 0 radical (unpaired) electrons. The Kier molecular flexibility index (Phi) is 11.2. The van der Waals surface area contributed by atoms with Crippen LogP contribution in [0.1, 0.15) is 57.1 Å². The van der Waals surface area contributed by atoms with Gasteiger partial charge in [-0.3, -0.25) is 9.78 Å². The van der Waals surface area contributed by atoms with E-state index < -0.39 is 18.0 Å². The van der Waals surface area contributed by atoms with E-state index in [-0.39, 0.29) is 31.4 Å². The van der Waals surface area contributed by atoms with Crippen molar-refractivity contribution >= 4 is 23.5 Å². The molecule has 1 aliphatic heterocycles. The van der Waals surface area contributed by atoms with Crippen LogP contribution < -0.4 is 30.0 Å². The molecular weight excluding hydrogens is 626 g/mol. The molecule has 5 rings (SSSR count). The summed E-state index contributed by atoms with van der Waals surface area (Å²) in [6, 6.07) is 17.5. The number of aliphatic carboxylic acids is 1.